The lowest BCUT2D eigenvalue weighted by atomic mass is 10.1. The number of rotatable bonds is 2. The van der Waals surface area contributed by atoms with Gasteiger partial charge in [0.25, 0.3) is 0 Å². The average Bonchev–Trinajstić information content (AvgIpc) is 2.06. The summed E-state index contributed by atoms with van der Waals surface area (Å²) in [5.41, 5.74) is -0.288. The second-order valence-corrected chi connectivity index (χ2v) is 2.18. The van der Waals surface area contributed by atoms with Gasteiger partial charge in [-0.2, -0.15) is 0 Å². The minimum absolute atomic E-state index is 0.0906. The fourth-order valence-electron chi connectivity index (χ4n) is 0.843. The highest BCUT2D eigenvalue weighted by atomic mass is 16.3. The number of nitroso groups, excluding NO2 is 1. The van der Waals surface area contributed by atoms with E-state index >= 15 is 0 Å². The number of nitrogens with zero attached hydrogens (tertiary/aromatic N) is 1. The Labute approximate surface area is 67.9 Å². The van der Waals surface area contributed by atoms with Crippen molar-refractivity contribution in [3.8, 4) is 11.5 Å². The van der Waals surface area contributed by atoms with Gasteiger partial charge < -0.3 is 15.3 Å². The molecule has 0 aliphatic carbocycles. The van der Waals surface area contributed by atoms with E-state index in [4.69, 9.17) is 15.3 Å². The molecule has 0 atom stereocenters. The Hall–Kier alpha value is -1.62. The van der Waals surface area contributed by atoms with Crippen molar-refractivity contribution in [3.63, 3.8) is 0 Å². The first-order valence-corrected chi connectivity index (χ1v) is 3.18. The van der Waals surface area contributed by atoms with Gasteiger partial charge in [0.2, 0.25) is 0 Å². The lowest BCUT2D eigenvalue weighted by Gasteiger charge is -2.03. The molecule has 0 aliphatic rings. The van der Waals surface area contributed by atoms with Crippen LogP contribution in [0.3, 0.4) is 0 Å². The van der Waals surface area contributed by atoms with Crippen molar-refractivity contribution in [1.29, 1.82) is 0 Å². The summed E-state index contributed by atoms with van der Waals surface area (Å²) >= 11 is 0. The largest absolute Gasteiger partial charge is 0.507 e. The molecule has 1 aromatic rings. The van der Waals surface area contributed by atoms with Gasteiger partial charge in [0, 0.05) is 0 Å². The first-order chi connectivity index (χ1) is 5.70. The lowest BCUT2D eigenvalue weighted by molar-refractivity contribution is 0.269. The Morgan fingerprint density at radius 2 is 2.00 bits per heavy atom. The molecule has 0 spiro atoms. The van der Waals surface area contributed by atoms with Gasteiger partial charge in [0.1, 0.15) is 11.4 Å². The Balaban J connectivity index is 3.33. The molecule has 0 saturated heterocycles. The Kier molecular flexibility index (Phi) is 2.25. The monoisotopic (exact) mass is 169 g/mol. The minimum atomic E-state index is -0.541. The van der Waals surface area contributed by atoms with Crippen LogP contribution >= 0.6 is 0 Å². The summed E-state index contributed by atoms with van der Waals surface area (Å²) in [6.45, 7) is -0.541. The molecule has 0 fully saturated rings. The molecule has 3 N–H and O–H groups in total. The third-order valence-electron chi connectivity index (χ3n) is 1.49. The molecule has 0 aromatic heterocycles. The molecule has 0 amide bonds. The number of hydrogen-bond donors (Lipinski definition) is 3. The van der Waals surface area contributed by atoms with Crippen LogP contribution in [0, 0.1) is 4.91 Å². The summed E-state index contributed by atoms with van der Waals surface area (Å²) in [4.78, 5) is 10.0. The van der Waals surface area contributed by atoms with E-state index in [2.05, 4.69) is 5.18 Å². The SMILES string of the molecule is O=Nc1ccc(O)c(CO)c1O. The van der Waals surface area contributed by atoms with Gasteiger partial charge in [0.15, 0.2) is 5.75 Å². The quantitative estimate of drug-likeness (QED) is 0.576. The van der Waals surface area contributed by atoms with Crippen LogP contribution < -0.4 is 0 Å². The fourth-order valence-corrected chi connectivity index (χ4v) is 0.843. The third kappa shape index (κ3) is 1.22. The van der Waals surface area contributed by atoms with Crippen LogP contribution in [0.2, 0.25) is 0 Å². The Bertz CT molecular complexity index is 311. The highest BCUT2D eigenvalue weighted by Crippen LogP contribution is 2.35. The fraction of sp³-hybridized carbons (Fsp3) is 0.143. The maximum atomic E-state index is 10.0. The van der Waals surface area contributed by atoms with Crippen molar-refractivity contribution in [2.45, 2.75) is 6.61 Å². The summed E-state index contributed by atoms with van der Waals surface area (Å²) in [5, 5.41) is 29.4. The van der Waals surface area contributed by atoms with E-state index in [-0.39, 0.29) is 17.0 Å². The molecule has 64 valence electrons. The second kappa shape index (κ2) is 3.19. The van der Waals surface area contributed by atoms with Gasteiger partial charge in [-0.1, -0.05) is 0 Å². The molecule has 1 rings (SSSR count). The summed E-state index contributed by atoms with van der Waals surface area (Å²) in [7, 11) is 0. The minimum Gasteiger partial charge on any atom is -0.507 e. The molecular weight excluding hydrogens is 162 g/mol. The summed E-state index contributed by atoms with van der Waals surface area (Å²) < 4.78 is 0. The van der Waals surface area contributed by atoms with Crippen molar-refractivity contribution >= 4 is 5.69 Å². The first kappa shape index (κ1) is 8.48. The Morgan fingerprint density at radius 1 is 1.33 bits per heavy atom. The van der Waals surface area contributed by atoms with Crippen LogP contribution in [0.1, 0.15) is 5.56 Å². The van der Waals surface area contributed by atoms with Gasteiger partial charge in [-0.25, -0.2) is 0 Å². The maximum absolute atomic E-state index is 10.0. The molecule has 12 heavy (non-hydrogen) atoms. The van der Waals surface area contributed by atoms with Crippen LogP contribution in [0.5, 0.6) is 11.5 Å². The molecule has 0 bridgehead atoms. The van der Waals surface area contributed by atoms with Crippen molar-refractivity contribution in [3.05, 3.63) is 22.6 Å². The average molecular weight is 169 g/mol. The molecule has 5 nitrogen and oxygen atoms in total. The van der Waals surface area contributed by atoms with E-state index < -0.39 is 12.4 Å². The van der Waals surface area contributed by atoms with Gasteiger partial charge >= 0.3 is 0 Å². The summed E-state index contributed by atoms with van der Waals surface area (Å²) in [6, 6.07) is 2.35. The molecule has 5 heteroatoms. The zero-order valence-electron chi connectivity index (χ0n) is 6.06. The van der Waals surface area contributed by atoms with E-state index in [1.165, 1.54) is 6.07 Å². The second-order valence-electron chi connectivity index (χ2n) is 2.18. The van der Waals surface area contributed by atoms with E-state index in [0.29, 0.717) is 0 Å². The number of benzene rings is 1. The number of phenols is 2. The zero-order chi connectivity index (χ0) is 9.14. The zero-order valence-corrected chi connectivity index (χ0v) is 6.06. The molecule has 0 heterocycles. The van der Waals surface area contributed by atoms with Gasteiger partial charge in [-0.15, -0.1) is 4.91 Å². The van der Waals surface area contributed by atoms with Crippen molar-refractivity contribution in [2.75, 3.05) is 0 Å². The van der Waals surface area contributed by atoms with Crippen molar-refractivity contribution in [1.82, 2.24) is 0 Å². The van der Waals surface area contributed by atoms with Crippen LogP contribution in [-0.2, 0) is 6.61 Å². The van der Waals surface area contributed by atoms with Gasteiger partial charge in [-0.3, -0.25) is 0 Å². The normalized spacial score (nSPS) is 9.75. The lowest BCUT2D eigenvalue weighted by Crippen LogP contribution is -1.85. The van der Waals surface area contributed by atoms with Crippen LogP contribution in [0.4, 0.5) is 5.69 Å². The van der Waals surface area contributed by atoms with Crippen LogP contribution in [0.15, 0.2) is 17.3 Å². The standard InChI is InChI=1S/C7H7NO4/c9-3-4-6(10)2-1-5(8-12)7(4)11/h1-2,9-11H,3H2. The van der Waals surface area contributed by atoms with Crippen molar-refractivity contribution < 1.29 is 15.3 Å². The van der Waals surface area contributed by atoms with Crippen molar-refractivity contribution in [2.24, 2.45) is 5.18 Å². The number of hydrogen-bond acceptors (Lipinski definition) is 5. The molecular formula is C7H7NO4. The predicted octanol–water partition coefficient (Wildman–Crippen LogP) is 0.988. The van der Waals surface area contributed by atoms with E-state index in [0.717, 1.165) is 6.07 Å². The Morgan fingerprint density at radius 3 is 2.50 bits per heavy atom. The maximum Gasteiger partial charge on any atom is 0.154 e. The number of aromatic hydroxyl groups is 2. The van der Waals surface area contributed by atoms with Gasteiger partial charge in [0.05, 0.1) is 12.2 Å². The molecule has 0 unspecified atom stereocenters. The number of aliphatic hydroxyl groups is 1. The molecule has 1 aromatic carbocycles. The van der Waals surface area contributed by atoms with Crippen LogP contribution in [0.25, 0.3) is 0 Å². The molecule has 0 aliphatic heterocycles. The predicted molar refractivity (Wildman–Crippen MR) is 41.1 cm³/mol. The third-order valence-corrected chi connectivity index (χ3v) is 1.49. The highest BCUT2D eigenvalue weighted by molar-refractivity contribution is 5.59. The topological polar surface area (TPSA) is 90.1 Å². The van der Waals surface area contributed by atoms with Gasteiger partial charge in [-0.05, 0) is 17.3 Å². The number of aliphatic hydroxyl groups excluding tert-OH is 1. The summed E-state index contributed by atoms with van der Waals surface area (Å²) in [6.07, 6.45) is 0. The van der Waals surface area contributed by atoms with Crippen LogP contribution in [-0.4, -0.2) is 15.3 Å². The first-order valence-electron chi connectivity index (χ1n) is 3.18. The smallest absolute Gasteiger partial charge is 0.154 e. The summed E-state index contributed by atoms with van der Waals surface area (Å²) in [5.74, 6) is -0.741. The van der Waals surface area contributed by atoms with E-state index in [1.54, 1.807) is 0 Å². The highest BCUT2D eigenvalue weighted by Gasteiger charge is 2.11. The molecule has 0 radical (unpaired) electrons. The van der Waals surface area contributed by atoms with E-state index in [1.807, 2.05) is 0 Å². The molecule has 0 saturated carbocycles. The van der Waals surface area contributed by atoms with E-state index in [9.17, 15) is 4.91 Å².